The second kappa shape index (κ2) is 6.94. The third-order valence-corrected chi connectivity index (χ3v) is 4.50. The van der Waals surface area contributed by atoms with E-state index < -0.39 is 0 Å². The minimum absolute atomic E-state index is 0.715. The highest BCUT2D eigenvalue weighted by atomic mass is 14.9. The summed E-state index contributed by atoms with van der Waals surface area (Å²) in [4.78, 5) is 0. The summed E-state index contributed by atoms with van der Waals surface area (Å²) in [7, 11) is 0. The van der Waals surface area contributed by atoms with Gasteiger partial charge in [-0.15, -0.1) is 0 Å². The molecule has 1 nitrogen and oxygen atoms in total. The first-order valence-corrected chi connectivity index (χ1v) is 7.58. The van der Waals surface area contributed by atoms with Crippen LogP contribution in [0.15, 0.2) is 30.3 Å². The third kappa shape index (κ3) is 3.58. The molecule has 3 unspecified atom stereocenters. The maximum Gasteiger partial charge on any atom is 0.0101 e. The first-order valence-electron chi connectivity index (χ1n) is 7.58. The lowest BCUT2D eigenvalue weighted by Crippen LogP contribution is -2.37. The highest BCUT2D eigenvalue weighted by Gasteiger charge is 2.29. The van der Waals surface area contributed by atoms with Crippen molar-refractivity contribution in [3.05, 3.63) is 35.9 Å². The van der Waals surface area contributed by atoms with Crippen molar-refractivity contribution in [1.29, 1.82) is 0 Å². The monoisotopic (exact) mass is 245 g/mol. The minimum atomic E-state index is 0.715. The maximum absolute atomic E-state index is 3.73. The molecule has 18 heavy (non-hydrogen) atoms. The zero-order valence-corrected chi connectivity index (χ0v) is 11.9. The second-order valence-corrected chi connectivity index (χ2v) is 5.76. The van der Waals surface area contributed by atoms with Gasteiger partial charge in [-0.05, 0) is 43.2 Å². The van der Waals surface area contributed by atoms with Crippen LogP contribution in [0.1, 0.15) is 45.1 Å². The predicted octanol–water partition coefficient (Wildman–Crippen LogP) is 4.03. The van der Waals surface area contributed by atoms with Crippen molar-refractivity contribution in [2.45, 2.75) is 52.0 Å². The van der Waals surface area contributed by atoms with Crippen LogP contribution in [0.3, 0.4) is 0 Å². The molecule has 3 atom stereocenters. The molecule has 0 bridgehead atoms. The molecule has 0 radical (unpaired) electrons. The van der Waals surface area contributed by atoms with Gasteiger partial charge in [0, 0.05) is 6.04 Å². The number of rotatable bonds is 6. The fourth-order valence-electron chi connectivity index (χ4n) is 3.47. The van der Waals surface area contributed by atoms with Gasteiger partial charge in [-0.2, -0.15) is 0 Å². The number of hydrogen-bond donors (Lipinski definition) is 1. The van der Waals surface area contributed by atoms with E-state index in [1.807, 2.05) is 0 Å². The fourth-order valence-corrected chi connectivity index (χ4v) is 3.47. The normalized spacial score (nSPS) is 25.2. The molecule has 1 aliphatic rings. The second-order valence-electron chi connectivity index (χ2n) is 5.76. The molecule has 1 fully saturated rings. The van der Waals surface area contributed by atoms with Gasteiger partial charge in [0.1, 0.15) is 0 Å². The molecule has 1 saturated carbocycles. The van der Waals surface area contributed by atoms with Gasteiger partial charge in [-0.1, -0.05) is 57.0 Å². The van der Waals surface area contributed by atoms with Crippen molar-refractivity contribution in [2.75, 3.05) is 6.54 Å². The van der Waals surface area contributed by atoms with Crippen LogP contribution in [-0.4, -0.2) is 12.6 Å². The van der Waals surface area contributed by atoms with E-state index in [1.54, 1.807) is 0 Å². The maximum atomic E-state index is 3.73. The molecule has 0 amide bonds. The first kappa shape index (κ1) is 13.6. The Morgan fingerprint density at radius 1 is 1.22 bits per heavy atom. The van der Waals surface area contributed by atoms with E-state index in [9.17, 15) is 0 Å². The topological polar surface area (TPSA) is 12.0 Å². The lowest BCUT2D eigenvalue weighted by Gasteiger charge is -2.28. The summed E-state index contributed by atoms with van der Waals surface area (Å²) in [6, 6.07) is 11.6. The predicted molar refractivity (Wildman–Crippen MR) is 78.7 cm³/mol. The molecule has 1 N–H and O–H groups in total. The van der Waals surface area contributed by atoms with Gasteiger partial charge in [0.25, 0.3) is 0 Å². The van der Waals surface area contributed by atoms with E-state index in [-0.39, 0.29) is 0 Å². The summed E-state index contributed by atoms with van der Waals surface area (Å²) in [6.45, 7) is 5.77. The molecule has 0 aromatic heterocycles. The molecule has 1 aromatic rings. The van der Waals surface area contributed by atoms with Crippen LogP contribution in [0, 0.1) is 11.8 Å². The van der Waals surface area contributed by atoms with Crippen molar-refractivity contribution in [2.24, 2.45) is 11.8 Å². The molecule has 2 rings (SSSR count). The molecule has 1 aromatic carbocycles. The average Bonchev–Trinajstić information content (AvgIpc) is 2.82. The molecular formula is C17H27N. The zero-order valence-electron chi connectivity index (χ0n) is 11.9. The highest BCUT2D eigenvalue weighted by Crippen LogP contribution is 2.35. The van der Waals surface area contributed by atoms with Crippen LogP contribution in [-0.2, 0) is 6.42 Å². The summed E-state index contributed by atoms with van der Waals surface area (Å²) >= 11 is 0. The van der Waals surface area contributed by atoms with Crippen LogP contribution in [0.5, 0.6) is 0 Å². The Morgan fingerprint density at radius 2 is 2.00 bits per heavy atom. The lowest BCUT2D eigenvalue weighted by molar-refractivity contribution is 0.287. The Labute approximate surface area is 112 Å². The molecule has 0 saturated heterocycles. The van der Waals surface area contributed by atoms with Crippen molar-refractivity contribution in [3.8, 4) is 0 Å². The number of aryl methyl sites for hydroxylation is 1. The Morgan fingerprint density at radius 3 is 2.61 bits per heavy atom. The van der Waals surface area contributed by atoms with Gasteiger partial charge < -0.3 is 5.32 Å². The van der Waals surface area contributed by atoms with Crippen molar-refractivity contribution < 1.29 is 0 Å². The van der Waals surface area contributed by atoms with E-state index in [2.05, 4.69) is 49.5 Å². The van der Waals surface area contributed by atoms with E-state index in [1.165, 1.54) is 37.7 Å². The fraction of sp³-hybridized carbons (Fsp3) is 0.647. The molecular weight excluding hydrogens is 218 g/mol. The van der Waals surface area contributed by atoms with Crippen LogP contribution in [0.2, 0.25) is 0 Å². The minimum Gasteiger partial charge on any atom is -0.314 e. The van der Waals surface area contributed by atoms with Gasteiger partial charge in [-0.25, -0.2) is 0 Å². The summed E-state index contributed by atoms with van der Waals surface area (Å²) in [5, 5.41) is 3.73. The van der Waals surface area contributed by atoms with E-state index in [0.717, 1.165) is 18.4 Å². The average molecular weight is 245 g/mol. The van der Waals surface area contributed by atoms with E-state index in [4.69, 9.17) is 0 Å². The Kier molecular flexibility index (Phi) is 5.25. The van der Waals surface area contributed by atoms with E-state index >= 15 is 0 Å². The standard InChI is InChI=1S/C17H27N/c1-3-18-17(16-11-7-8-14(16)2)13-12-15-9-5-4-6-10-15/h4-6,9-10,14,16-18H,3,7-8,11-13H2,1-2H3. The lowest BCUT2D eigenvalue weighted by atomic mass is 9.86. The smallest absolute Gasteiger partial charge is 0.0101 e. The molecule has 1 aliphatic carbocycles. The Balaban J connectivity index is 1.90. The van der Waals surface area contributed by atoms with Gasteiger partial charge in [-0.3, -0.25) is 0 Å². The Hall–Kier alpha value is -0.820. The first-order chi connectivity index (χ1) is 8.81. The van der Waals surface area contributed by atoms with E-state index in [0.29, 0.717) is 6.04 Å². The van der Waals surface area contributed by atoms with Crippen LogP contribution in [0.4, 0.5) is 0 Å². The quantitative estimate of drug-likeness (QED) is 0.798. The summed E-state index contributed by atoms with van der Waals surface area (Å²) < 4.78 is 0. The SMILES string of the molecule is CCNC(CCc1ccccc1)C1CCCC1C. The zero-order chi connectivity index (χ0) is 12.8. The van der Waals surface area contributed by atoms with Crippen LogP contribution >= 0.6 is 0 Å². The van der Waals surface area contributed by atoms with Crippen molar-refractivity contribution in [3.63, 3.8) is 0 Å². The molecule has 100 valence electrons. The summed E-state index contributed by atoms with van der Waals surface area (Å²) in [5.74, 6) is 1.80. The summed E-state index contributed by atoms with van der Waals surface area (Å²) in [6.07, 6.45) is 6.78. The molecule has 0 aliphatic heterocycles. The van der Waals surface area contributed by atoms with Crippen LogP contribution in [0.25, 0.3) is 0 Å². The molecule has 1 heteroatoms. The Bertz CT molecular complexity index is 333. The summed E-state index contributed by atoms with van der Waals surface area (Å²) in [5.41, 5.74) is 1.48. The molecule has 0 spiro atoms. The van der Waals surface area contributed by atoms with Gasteiger partial charge >= 0.3 is 0 Å². The molecule has 0 heterocycles. The van der Waals surface area contributed by atoms with Crippen molar-refractivity contribution >= 4 is 0 Å². The van der Waals surface area contributed by atoms with Gasteiger partial charge in [0.05, 0.1) is 0 Å². The number of hydrogen-bond acceptors (Lipinski definition) is 1. The van der Waals surface area contributed by atoms with Crippen molar-refractivity contribution in [1.82, 2.24) is 5.32 Å². The van der Waals surface area contributed by atoms with Gasteiger partial charge in [0.2, 0.25) is 0 Å². The third-order valence-electron chi connectivity index (χ3n) is 4.50. The van der Waals surface area contributed by atoms with Gasteiger partial charge in [0.15, 0.2) is 0 Å². The highest BCUT2D eigenvalue weighted by molar-refractivity contribution is 5.14. The number of nitrogens with one attached hydrogen (secondary N) is 1. The van der Waals surface area contributed by atoms with Crippen LogP contribution < -0.4 is 5.32 Å². The largest absolute Gasteiger partial charge is 0.314 e. The number of benzene rings is 1.